The van der Waals surface area contributed by atoms with Crippen LogP contribution in [0.25, 0.3) is 0 Å². The molecule has 170 valence electrons. The summed E-state index contributed by atoms with van der Waals surface area (Å²) in [6.45, 7) is -1.31. The third-order valence-electron chi connectivity index (χ3n) is 5.09. The molecule has 2 fully saturated rings. The molecule has 2 aliphatic rings. The predicted octanol–water partition coefficient (Wildman–Crippen LogP) is -3.73. The van der Waals surface area contributed by atoms with Crippen LogP contribution in [0.5, 0.6) is 5.75 Å². The van der Waals surface area contributed by atoms with E-state index in [0.29, 0.717) is 11.4 Å². The fourth-order valence-corrected chi connectivity index (χ4v) is 3.33. The lowest BCUT2D eigenvalue weighted by molar-refractivity contribution is -0.352. The highest BCUT2D eigenvalue weighted by Crippen LogP contribution is 2.30. The molecule has 0 spiro atoms. The van der Waals surface area contributed by atoms with Crippen LogP contribution in [-0.4, -0.2) is 110 Å². The number of anilines is 1. The standard InChI is InChI=1S/C18H27NO11/c19-7-1-3-8(4-2-7)27-17-15(26)13(24)16(10(6-21)29-17)30-18-14(25)12(23)11(22)9(5-20)28-18/h1-4,9-18,20-26H,5-6,19H2/t9-,10-,11+,12+,13-,14-,15-,16-,17-,18+/m1/s1. The Bertz CT molecular complexity index is 673. The number of hydrogen-bond acceptors (Lipinski definition) is 12. The Labute approximate surface area is 171 Å². The Hall–Kier alpha value is -1.58. The van der Waals surface area contributed by atoms with E-state index in [0.717, 1.165) is 0 Å². The van der Waals surface area contributed by atoms with Gasteiger partial charge in [-0.25, -0.2) is 0 Å². The normalized spacial score (nSPS) is 42.1. The van der Waals surface area contributed by atoms with Crippen LogP contribution in [0.3, 0.4) is 0 Å². The Morgan fingerprint density at radius 2 is 1.30 bits per heavy atom. The zero-order valence-electron chi connectivity index (χ0n) is 15.8. The SMILES string of the molecule is Nc1ccc(O[C@@H]2O[C@H](CO)[C@@H](O[C@@H]3O[C@H](CO)[C@H](O)[C@H](O)[C@H]3O)[C@H](O)[C@H]2O)cc1. The molecule has 0 aliphatic carbocycles. The van der Waals surface area contributed by atoms with E-state index in [2.05, 4.69) is 0 Å². The van der Waals surface area contributed by atoms with E-state index in [4.69, 9.17) is 24.7 Å². The minimum atomic E-state index is -1.73. The monoisotopic (exact) mass is 433 g/mol. The first-order valence-electron chi connectivity index (χ1n) is 9.37. The number of nitrogen functional groups attached to an aromatic ring is 1. The van der Waals surface area contributed by atoms with Crippen LogP contribution in [0.4, 0.5) is 5.69 Å². The Balaban J connectivity index is 1.71. The predicted molar refractivity (Wildman–Crippen MR) is 97.9 cm³/mol. The molecule has 0 amide bonds. The average molecular weight is 433 g/mol. The lowest BCUT2D eigenvalue weighted by Gasteiger charge is -2.45. The van der Waals surface area contributed by atoms with Crippen molar-refractivity contribution in [1.29, 1.82) is 0 Å². The van der Waals surface area contributed by atoms with E-state index in [1.165, 1.54) is 12.1 Å². The summed E-state index contributed by atoms with van der Waals surface area (Å²) in [5, 5.41) is 69.7. The van der Waals surface area contributed by atoms with Crippen molar-refractivity contribution in [2.24, 2.45) is 0 Å². The number of aliphatic hydroxyl groups excluding tert-OH is 7. The van der Waals surface area contributed by atoms with Gasteiger partial charge in [-0.15, -0.1) is 0 Å². The molecule has 1 aromatic rings. The van der Waals surface area contributed by atoms with Crippen molar-refractivity contribution in [1.82, 2.24) is 0 Å². The quantitative estimate of drug-likeness (QED) is 0.204. The van der Waals surface area contributed by atoms with Gasteiger partial charge in [-0.1, -0.05) is 0 Å². The number of nitrogens with two attached hydrogens (primary N) is 1. The maximum atomic E-state index is 10.5. The molecular weight excluding hydrogens is 406 g/mol. The summed E-state index contributed by atoms with van der Waals surface area (Å²) >= 11 is 0. The Kier molecular flexibility index (Phi) is 7.47. The molecule has 0 bridgehead atoms. The van der Waals surface area contributed by atoms with Crippen LogP contribution in [0.1, 0.15) is 0 Å². The van der Waals surface area contributed by atoms with Crippen LogP contribution in [0, 0.1) is 0 Å². The molecule has 30 heavy (non-hydrogen) atoms. The fraction of sp³-hybridized carbons (Fsp3) is 0.667. The minimum absolute atomic E-state index is 0.297. The molecular formula is C18H27NO11. The van der Waals surface area contributed by atoms with Gasteiger partial charge in [0.2, 0.25) is 6.29 Å². The smallest absolute Gasteiger partial charge is 0.229 e. The summed E-state index contributed by atoms with van der Waals surface area (Å²) in [5.41, 5.74) is 6.10. The van der Waals surface area contributed by atoms with Gasteiger partial charge in [0.15, 0.2) is 6.29 Å². The molecule has 2 aliphatic heterocycles. The van der Waals surface area contributed by atoms with Crippen molar-refractivity contribution in [2.45, 2.75) is 61.4 Å². The van der Waals surface area contributed by atoms with E-state index in [-0.39, 0.29) is 0 Å². The summed E-state index contributed by atoms with van der Waals surface area (Å²) < 4.78 is 21.7. The van der Waals surface area contributed by atoms with E-state index < -0.39 is 74.6 Å². The Morgan fingerprint density at radius 1 is 0.733 bits per heavy atom. The topological polar surface area (TPSA) is 205 Å². The first-order chi connectivity index (χ1) is 14.3. The van der Waals surface area contributed by atoms with Crippen LogP contribution in [0.15, 0.2) is 24.3 Å². The second-order valence-electron chi connectivity index (χ2n) is 7.19. The van der Waals surface area contributed by atoms with E-state index in [1.807, 2.05) is 0 Å². The second-order valence-corrected chi connectivity index (χ2v) is 7.19. The van der Waals surface area contributed by atoms with Crippen molar-refractivity contribution in [3.8, 4) is 5.75 Å². The van der Waals surface area contributed by atoms with Crippen LogP contribution < -0.4 is 10.5 Å². The third kappa shape index (κ3) is 4.68. The number of aliphatic hydroxyl groups is 7. The number of benzene rings is 1. The van der Waals surface area contributed by atoms with Crippen molar-refractivity contribution in [2.75, 3.05) is 18.9 Å². The van der Waals surface area contributed by atoms with Crippen molar-refractivity contribution >= 4 is 5.69 Å². The fourth-order valence-electron chi connectivity index (χ4n) is 3.33. The molecule has 3 rings (SSSR count). The lowest BCUT2D eigenvalue weighted by atomic mass is 9.97. The number of hydrogen-bond donors (Lipinski definition) is 8. The zero-order chi connectivity index (χ0) is 22.0. The van der Waals surface area contributed by atoms with Gasteiger partial charge in [0.05, 0.1) is 13.2 Å². The average Bonchev–Trinajstić information content (AvgIpc) is 2.74. The van der Waals surface area contributed by atoms with Crippen LogP contribution in [0.2, 0.25) is 0 Å². The molecule has 2 saturated heterocycles. The minimum Gasteiger partial charge on any atom is -0.462 e. The van der Waals surface area contributed by atoms with E-state index in [9.17, 15) is 35.7 Å². The molecule has 2 heterocycles. The van der Waals surface area contributed by atoms with Gasteiger partial charge >= 0.3 is 0 Å². The van der Waals surface area contributed by atoms with E-state index >= 15 is 0 Å². The number of ether oxygens (including phenoxy) is 4. The van der Waals surface area contributed by atoms with E-state index in [1.54, 1.807) is 12.1 Å². The third-order valence-corrected chi connectivity index (χ3v) is 5.09. The lowest BCUT2D eigenvalue weighted by Crippen LogP contribution is -2.65. The van der Waals surface area contributed by atoms with Gasteiger partial charge in [0.1, 0.15) is 54.6 Å². The van der Waals surface area contributed by atoms with Gasteiger partial charge in [0, 0.05) is 5.69 Å². The van der Waals surface area contributed by atoms with Crippen molar-refractivity contribution in [3.63, 3.8) is 0 Å². The van der Waals surface area contributed by atoms with Crippen molar-refractivity contribution in [3.05, 3.63) is 24.3 Å². The first kappa shape index (κ1) is 23.1. The molecule has 1 aromatic carbocycles. The summed E-state index contributed by atoms with van der Waals surface area (Å²) in [4.78, 5) is 0. The molecule has 12 nitrogen and oxygen atoms in total. The second kappa shape index (κ2) is 9.70. The van der Waals surface area contributed by atoms with Gasteiger partial charge in [-0.05, 0) is 24.3 Å². The zero-order valence-corrected chi connectivity index (χ0v) is 15.8. The summed E-state index contributed by atoms with van der Waals surface area (Å²) in [6.07, 6.45) is -15.0. The summed E-state index contributed by atoms with van der Waals surface area (Å²) in [7, 11) is 0. The molecule has 0 saturated carbocycles. The van der Waals surface area contributed by atoms with Gasteiger partial charge in [0.25, 0.3) is 0 Å². The molecule has 10 atom stereocenters. The van der Waals surface area contributed by atoms with Gasteiger partial charge in [-0.3, -0.25) is 0 Å². The van der Waals surface area contributed by atoms with Crippen LogP contribution >= 0.6 is 0 Å². The molecule has 9 N–H and O–H groups in total. The maximum absolute atomic E-state index is 10.5. The molecule has 12 heteroatoms. The summed E-state index contributed by atoms with van der Waals surface area (Å²) in [5.74, 6) is 0.297. The highest BCUT2D eigenvalue weighted by Gasteiger charge is 2.51. The first-order valence-corrected chi connectivity index (χ1v) is 9.37. The highest BCUT2D eigenvalue weighted by molar-refractivity contribution is 5.41. The largest absolute Gasteiger partial charge is 0.462 e. The highest BCUT2D eigenvalue weighted by atomic mass is 16.7. The molecule has 0 radical (unpaired) electrons. The number of rotatable bonds is 6. The van der Waals surface area contributed by atoms with Crippen molar-refractivity contribution < 1.29 is 54.7 Å². The Morgan fingerprint density at radius 3 is 1.90 bits per heavy atom. The van der Waals surface area contributed by atoms with Gasteiger partial charge < -0.3 is 60.4 Å². The van der Waals surface area contributed by atoms with Crippen LogP contribution in [-0.2, 0) is 14.2 Å². The summed E-state index contributed by atoms with van der Waals surface area (Å²) in [6, 6.07) is 6.19. The molecule has 0 aromatic heterocycles. The van der Waals surface area contributed by atoms with Gasteiger partial charge in [-0.2, -0.15) is 0 Å². The molecule has 0 unspecified atom stereocenters. The maximum Gasteiger partial charge on any atom is 0.229 e.